The molecular weight excluding hydrogens is 176 g/mol. The number of aromatic nitrogens is 2. The molecule has 0 fully saturated rings. The molecule has 0 aliphatic carbocycles. The first kappa shape index (κ1) is 8.62. The molecule has 4 nitrogen and oxygen atoms in total. The van der Waals surface area contributed by atoms with Gasteiger partial charge in [0.15, 0.2) is 11.7 Å². The van der Waals surface area contributed by atoms with Crippen LogP contribution < -0.4 is 5.73 Å². The van der Waals surface area contributed by atoms with Crippen LogP contribution in [0.25, 0.3) is 10.9 Å². The lowest BCUT2D eigenvalue weighted by Gasteiger charge is -2.00. The van der Waals surface area contributed by atoms with Crippen molar-refractivity contribution >= 4 is 16.7 Å². The zero-order chi connectivity index (χ0) is 10.1. The molecule has 2 aromatic rings. The van der Waals surface area contributed by atoms with E-state index in [1.54, 1.807) is 6.20 Å². The number of amidine groups is 1. The average molecular weight is 186 g/mol. The van der Waals surface area contributed by atoms with E-state index in [1.165, 1.54) is 0 Å². The highest BCUT2D eigenvalue weighted by Crippen LogP contribution is 2.12. The summed E-state index contributed by atoms with van der Waals surface area (Å²) in [5, 5.41) is 8.17. The van der Waals surface area contributed by atoms with Crippen molar-refractivity contribution in [3.05, 3.63) is 35.8 Å². The maximum atomic E-state index is 7.21. The predicted octanol–water partition coefficient (Wildman–Crippen LogP) is 1.22. The van der Waals surface area contributed by atoms with Gasteiger partial charge >= 0.3 is 0 Å². The maximum Gasteiger partial charge on any atom is 0.195 e. The molecule has 4 heteroatoms. The summed E-state index contributed by atoms with van der Waals surface area (Å²) in [6.07, 6.45) is 1.69. The Balaban J connectivity index is 2.67. The fourth-order valence-electron chi connectivity index (χ4n) is 1.28. The first-order valence-corrected chi connectivity index (χ1v) is 4.24. The van der Waals surface area contributed by atoms with Crippen molar-refractivity contribution in [1.82, 2.24) is 9.97 Å². The largest absolute Gasteiger partial charge is 0.381 e. The highest BCUT2D eigenvalue weighted by atomic mass is 14.9. The third-order valence-electron chi connectivity index (χ3n) is 1.98. The molecule has 0 bridgehead atoms. The first-order valence-electron chi connectivity index (χ1n) is 4.24. The second kappa shape index (κ2) is 3.06. The minimum absolute atomic E-state index is 0.104. The second-order valence-corrected chi connectivity index (χ2v) is 3.17. The smallest absolute Gasteiger partial charge is 0.195 e. The zero-order valence-corrected chi connectivity index (χ0v) is 7.78. The Labute approximate surface area is 81.3 Å². The molecule has 0 atom stereocenters. The minimum atomic E-state index is -0.104. The Morgan fingerprint density at radius 1 is 1.43 bits per heavy atom. The van der Waals surface area contributed by atoms with Crippen molar-refractivity contribution < 1.29 is 0 Å². The summed E-state index contributed by atoms with van der Waals surface area (Å²) < 4.78 is 0. The van der Waals surface area contributed by atoms with Crippen LogP contribution in [0.3, 0.4) is 0 Å². The van der Waals surface area contributed by atoms with E-state index in [9.17, 15) is 0 Å². The quantitative estimate of drug-likeness (QED) is 0.519. The Morgan fingerprint density at radius 3 is 2.93 bits per heavy atom. The van der Waals surface area contributed by atoms with E-state index in [1.807, 2.05) is 25.1 Å². The fourth-order valence-corrected chi connectivity index (χ4v) is 1.28. The van der Waals surface area contributed by atoms with Crippen LogP contribution in [0.5, 0.6) is 0 Å². The lowest BCUT2D eigenvalue weighted by Crippen LogP contribution is -2.15. The van der Waals surface area contributed by atoms with Crippen LogP contribution in [0, 0.1) is 12.3 Å². The normalized spacial score (nSPS) is 10.4. The summed E-state index contributed by atoms with van der Waals surface area (Å²) in [5.74, 6) is 0.175. The molecule has 0 amide bonds. The van der Waals surface area contributed by atoms with Gasteiger partial charge in [-0.25, -0.2) is 9.97 Å². The first-order chi connectivity index (χ1) is 6.66. The molecule has 0 radical (unpaired) electrons. The van der Waals surface area contributed by atoms with Crippen molar-refractivity contribution in [2.24, 2.45) is 5.73 Å². The summed E-state index contributed by atoms with van der Waals surface area (Å²) in [4.78, 5) is 8.14. The van der Waals surface area contributed by atoms with E-state index in [0.717, 1.165) is 16.5 Å². The summed E-state index contributed by atoms with van der Waals surface area (Å²) in [6.45, 7) is 2.01. The van der Waals surface area contributed by atoms with Gasteiger partial charge < -0.3 is 5.73 Å². The predicted molar refractivity (Wildman–Crippen MR) is 55.3 cm³/mol. The van der Waals surface area contributed by atoms with Gasteiger partial charge in [-0.2, -0.15) is 0 Å². The van der Waals surface area contributed by atoms with Crippen molar-refractivity contribution in [2.75, 3.05) is 0 Å². The second-order valence-electron chi connectivity index (χ2n) is 3.17. The van der Waals surface area contributed by atoms with Crippen LogP contribution in [-0.2, 0) is 0 Å². The van der Waals surface area contributed by atoms with Gasteiger partial charge in [0.05, 0.1) is 5.52 Å². The summed E-state index contributed by atoms with van der Waals surface area (Å²) in [7, 11) is 0. The van der Waals surface area contributed by atoms with Crippen molar-refractivity contribution in [2.45, 2.75) is 6.92 Å². The van der Waals surface area contributed by atoms with Gasteiger partial charge in [0.1, 0.15) is 0 Å². The number of fused-ring (bicyclic) bond motifs is 1. The summed E-state index contributed by atoms with van der Waals surface area (Å²) in [6, 6.07) is 5.87. The Morgan fingerprint density at radius 2 is 2.21 bits per heavy atom. The average Bonchev–Trinajstić information content (AvgIpc) is 2.16. The fraction of sp³-hybridized carbons (Fsp3) is 0.100. The molecule has 0 saturated heterocycles. The number of rotatable bonds is 1. The van der Waals surface area contributed by atoms with Crippen LogP contribution in [-0.4, -0.2) is 15.8 Å². The number of hydrogen-bond donors (Lipinski definition) is 2. The molecule has 1 aromatic carbocycles. The van der Waals surface area contributed by atoms with Gasteiger partial charge in [0.25, 0.3) is 0 Å². The van der Waals surface area contributed by atoms with Gasteiger partial charge in [0.2, 0.25) is 0 Å². The van der Waals surface area contributed by atoms with E-state index in [0.29, 0.717) is 0 Å². The number of nitrogens with one attached hydrogen (secondary N) is 1. The molecular formula is C10H10N4. The molecule has 0 unspecified atom stereocenters. The van der Waals surface area contributed by atoms with Crippen molar-refractivity contribution in [1.29, 1.82) is 5.41 Å². The number of benzene rings is 1. The van der Waals surface area contributed by atoms with E-state index in [2.05, 4.69) is 9.97 Å². The summed E-state index contributed by atoms with van der Waals surface area (Å²) >= 11 is 0. The topological polar surface area (TPSA) is 75.7 Å². The molecule has 2 rings (SSSR count). The van der Waals surface area contributed by atoms with Crippen LogP contribution in [0.2, 0.25) is 0 Å². The van der Waals surface area contributed by atoms with Crippen molar-refractivity contribution in [3.8, 4) is 0 Å². The van der Waals surface area contributed by atoms with Gasteiger partial charge in [0, 0.05) is 11.6 Å². The Kier molecular flexibility index (Phi) is 1.89. The van der Waals surface area contributed by atoms with E-state index in [4.69, 9.17) is 11.1 Å². The molecule has 1 aromatic heterocycles. The van der Waals surface area contributed by atoms with Crippen molar-refractivity contribution in [3.63, 3.8) is 0 Å². The zero-order valence-electron chi connectivity index (χ0n) is 7.78. The minimum Gasteiger partial charge on any atom is -0.381 e. The molecule has 3 N–H and O–H groups in total. The highest BCUT2D eigenvalue weighted by Gasteiger charge is 2.01. The standard InChI is InChI=1S/C10H10N4/c1-6-2-3-8-7(4-6)5-13-10(14-8)9(11)12/h2-5H,1H3,(H3,11,12). The maximum absolute atomic E-state index is 7.21. The molecule has 0 saturated carbocycles. The highest BCUT2D eigenvalue weighted by molar-refractivity contribution is 5.93. The number of hydrogen-bond acceptors (Lipinski definition) is 3. The number of nitrogens with zero attached hydrogens (tertiary/aromatic N) is 2. The third kappa shape index (κ3) is 1.42. The van der Waals surface area contributed by atoms with E-state index in [-0.39, 0.29) is 11.7 Å². The van der Waals surface area contributed by atoms with Crippen LogP contribution in [0.15, 0.2) is 24.4 Å². The van der Waals surface area contributed by atoms with Crippen LogP contribution in [0.4, 0.5) is 0 Å². The molecule has 0 spiro atoms. The van der Waals surface area contributed by atoms with E-state index < -0.39 is 0 Å². The molecule has 0 aliphatic heterocycles. The van der Waals surface area contributed by atoms with Crippen LogP contribution in [0.1, 0.15) is 11.4 Å². The lowest BCUT2D eigenvalue weighted by atomic mass is 10.2. The lowest BCUT2D eigenvalue weighted by molar-refractivity contribution is 1.15. The van der Waals surface area contributed by atoms with Gasteiger partial charge in [-0.1, -0.05) is 11.6 Å². The monoisotopic (exact) mass is 186 g/mol. The molecule has 1 heterocycles. The number of nitrogen functional groups attached to an aromatic ring is 1. The molecule has 0 aliphatic rings. The SMILES string of the molecule is Cc1ccc2nc(C(=N)N)ncc2c1. The number of aryl methyl sites for hydroxylation is 1. The van der Waals surface area contributed by atoms with E-state index >= 15 is 0 Å². The van der Waals surface area contributed by atoms with Gasteiger partial charge in [-0.05, 0) is 19.1 Å². The summed E-state index contributed by atoms with van der Waals surface area (Å²) in [5.41, 5.74) is 7.27. The molecule has 14 heavy (non-hydrogen) atoms. The number of nitrogens with two attached hydrogens (primary N) is 1. The van der Waals surface area contributed by atoms with Crippen LogP contribution >= 0.6 is 0 Å². The van der Waals surface area contributed by atoms with Gasteiger partial charge in [-0.3, -0.25) is 5.41 Å². The van der Waals surface area contributed by atoms with Gasteiger partial charge in [-0.15, -0.1) is 0 Å². The Bertz CT molecular complexity index is 504. The third-order valence-corrected chi connectivity index (χ3v) is 1.98. The Hall–Kier alpha value is -1.97. The molecule has 70 valence electrons.